The smallest absolute Gasteiger partial charge is 0.119 e. The molecule has 4 heteroatoms. The summed E-state index contributed by atoms with van der Waals surface area (Å²) in [7, 11) is 0. The highest BCUT2D eigenvalue weighted by atomic mass is 16.5. The van der Waals surface area contributed by atoms with Gasteiger partial charge in [0.1, 0.15) is 5.75 Å². The lowest BCUT2D eigenvalue weighted by molar-refractivity contribution is 0.116. The predicted octanol–water partition coefficient (Wildman–Crippen LogP) is 1.62. The van der Waals surface area contributed by atoms with Crippen LogP contribution < -0.4 is 10.5 Å². The van der Waals surface area contributed by atoms with Crippen LogP contribution in [-0.2, 0) is 6.54 Å². The average Bonchev–Trinajstić information content (AvgIpc) is 2.48. The fourth-order valence-electron chi connectivity index (χ4n) is 2.71. The van der Waals surface area contributed by atoms with Gasteiger partial charge < -0.3 is 15.6 Å². The first kappa shape index (κ1) is 15.3. The summed E-state index contributed by atoms with van der Waals surface area (Å²) in [4.78, 5) is 2.42. The first-order chi connectivity index (χ1) is 9.81. The lowest BCUT2D eigenvalue weighted by Gasteiger charge is -2.31. The number of aliphatic hydroxyl groups excluding tert-OH is 1. The third-order valence-corrected chi connectivity index (χ3v) is 3.78. The third-order valence-electron chi connectivity index (χ3n) is 3.78. The third kappa shape index (κ3) is 4.78. The van der Waals surface area contributed by atoms with Gasteiger partial charge in [-0.1, -0.05) is 12.1 Å². The van der Waals surface area contributed by atoms with E-state index in [-0.39, 0.29) is 0 Å². The molecule has 0 bridgehead atoms. The molecule has 0 aliphatic carbocycles. The van der Waals surface area contributed by atoms with E-state index in [1.807, 2.05) is 12.1 Å². The summed E-state index contributed by atoms with van der Waals surface area (Å²) in [5.74, 6) is 1.36. The Morgan fingerprint density at radius 1 is 1.40 bits per heavy atom. The van der Waals surface area contributed by atoms with E-state index in [0.29, 0.717) is 25.7 Å². The predicted molar refractivity (Wildman–Crippen MR) is 80.7 cm³/mol. The molecule has 1 saturated heterocycles. The Morgan fingerprint density at radius 3 is 3.10 bits per heavy atom. The van der Waals surface area contributed by atoms with Crippen molar-refractivity contribution in [3.05, 3.63) is 29.8 Å². The van der Waals surface area contributed by atoms with Crippen LogP contribution in [0, 0.1) is 5.92 Å². The zero-order valence-electron chi connectivity index (χ0n) is 12.1. The quantitative estimate of drug-likeness (QED) is 0.744. The lowest BCUT2D eigenvalue weighted by atomic mass is 9.98. The maximum atomic E-state index is 9.28. The Hall–Kier alpha value is -1.10. The molecule has 2 rings (SSSR count). The number of hydrogen-bond donors (Lipinski definition) is 2. The second kappa shape index (κ2) is 8.25. The fourth-order valence-corrected chi connectivity index (χ4v) is 2.71. The number of nitrogens with zero attached hydrogens (tertiary/aromatic N) is 1. The van der Waals surface area contributed by atoms with Gasteiger partial charge in [0.2, 0.25) is 0 Å². The molecule has 1 fully saturated rings. The maximum absolute atomic E-state index is 9.28. The van der Waals surface area contributed by atoms with E-state index >= 15 is 0 Å². The molecular weight excluding hydrogens is 252 g/mol. The molecule has 0 amide bonds. The van der Waals surface area contributed by atoms with Crippen molar-refractivity contribution in [1.82, 2.24) is 4.90 Å². The van der Waals surface area contributed by atoms with E-state index < -0.39 is 0 Å². The van der Waals surface area contributed by atoms with Gasteiger partial charge in [-0.3, -0.25) is 4.90 Å². The van der Waals surface area contributed by atoms with Gasteiger partial charge in [-0.15, -0.1) is 0 Å². The summed E-state index contributed by atoms with van der Waals surface area (Å²) in [6, 6.07) is 8.28. The molecular formula is C16H26N2O2. The van der Waals surface area contributed by atoms with Gasteiger partial charge in [-0.2, -0.15) is 0 Å². The van der Waals surface area contributed by atoms with E-state index in [9.17, 15) is 5.11 Å². The summed E-state index contributed by atoms with van der Waals surface area (Å²) >= 11 is 0. The van der Waals surface area contributed by atoms with E-state index in [4.69, 9.17) is 10.5 Å². The summed E-state index contributed by atoms with van der Waals surface area (Å²) in [5.41, 5.74) is 6.74. The SMILES string of the molecule is NCCCOc1cccc(CN2CCCC(CO)C2)c1. The number of ether oxygens (including phenoxy) is 1. The van der Waals surface area contributed by atoms with E-state index in [1.54, 1.807) is 0 Å². The van der Waals surface area contributed by atoms with Crippen molar-refractivity contribution in [3.63, 3.8) is 0 Å². The Balaban J connectivity index is 1.87. The van der Waals surface area contributed by atoms with Crippen molar-refractivity contribution < 1.29 is 9.84 Å². The highest BCUT2D eigenvalue weighted by Crippen LogP contribution is 2.20. The van der Waals surface area contributed by atoms with E-state index in [2.05, 4.69) is 17.0 Å². The van der Waals surface area contributed by atoms with Gasteiger partial charge in [-0.05, 0) is 56.0 Å². The van der Waals surface area contributed by atoms with Crippen LogP contribution in [0.5, 0.6) is 5.75 Å². The fraction of sp³-hybridized carbons (Fsp3) is 0.625. The van der Waals surface area contributed by atoms with E-state index in [1.165, 1.54) is 12.0 Å². The molecule has 0 radical (unpaired) electrons. The van der Waals surface area contributed by atoms with Crippen molar-refractivity contribution >= 4 is 0 Å². The monoisotopic (exact) mass is 278 g/mol. The largest absolute Gasteiger partial charge is 0.494 e. The number of hydrogen-bond acceptors (Lipinski definition) is 4. The molecule has 1 heterocycles. The van der Waals surface area contributed by atoms with Crippen LogP contribution in [0.2, 0.25) is 0 Å². The standard InChI is InChI=1S/C16H26N2O2/c17-7-3-9-20-16-6-1-4-14(10-16)11-18-8-2-5-15(12-18)13-19/h1,4,6,10,15,19H,2-3,5,7-9,11-13,17H2. The van der Waals surface area contributed by atoms with Crippen LogP contribution in [0.25, 0.3) is 0 Å². The molecule has 1 aliphatic rings. The molecule has 20 heavy (non-hydrogen) atoms. The second-order valence-electron chi connectivity index (χ2n) is 5.56. The van der Waals surface area contributed by atoms with Gasteiger partial charge in [-0.25, -0.2) is 0 Å². The number of benzene rings is 1. The van der Waals surface area contributed by atoms with Crippen LogP contribution in [0.15, 0.2) is 24.3 Å². The molecule has 0 aromatic heterocycles. The lowest BCUT2D eigenvalue weighted by Crippen LogP contribution is -2.36. The van der Waals surface area contributed by atoms with Crippen molar-refractivity contribution in [2.75, 3.05) is 32.8 Å². The minimum absolute atomic E-state index is 0.304. The Morgan fingerprint density at radius 2 is 2.30 bits per heavy atom. The van der Waals surface area contributed by atoms with Gasteiger partial charge >= 0.3 is 0 Å². The first-order valence-electron chi connectivity index (χ1n) is 7.57. The maximum Gasteiger partial charge on any atom is 0.119 e. The molecule has 1 aromatic carbocycles. The molecule has 4 nitrogen and oxygen atoms in total. The highest BCUT2D eigenvalue weighted by Gasteiger charge is 2.19. The molecule has 0 spiro atoms. The highest BCUT2D eigenvalue weighted by molar-refractivity contribution is 5.28. The average molecular weight is 278 g/mol. The van der Waals surface area contributed by atoms with Crippen LogP contribution >= 0.6 is 0 Å². The minimum Gasteiger partial charge on any atom is -0.494 e. The van der Waals surface area contributed by atoms with Gasteiger partial charge in [0.15, 0.2) is 0 Å². The molecule has 0 saturated carbocycles. The van der Waals surface area contributed by atoms with Crippen molar-refractivity contribution in [2.45, 2.75) is 25.8 Å². The number of rotatable bonds is 7. The van der Waals surface area contributed by atoms with Gasteiger partial charge in [0.05, 0.1) is 6.61 Å². The molecule has 1 aliphatic heterocycles. The molecule has 3 N–H and O–H groups in total. The summed E-state index contributed by atoms with van der Waals surface area (Å²) in [5, 5.41) is 9.28. The van der Waals surface area contributed by atoms with Crippen LogP contribution in [0.1, 0.15) is 24.8 Å². The molecule has 1 atom stereocenters. The molecule has 112 valence electrons. The normalized spacial score (nSPS) is 20.0. The number of aliphatic hydroxyl groups is 1. The second-order valence-corrected chi connectivity index (χ2v) is 5.56. The summed E-state index contributed by atoms with van der Waals surface area (Å²) in [6.45, 7) is 4.69. The molecule has 1 unspecified atom stereocenters. The van der Waals surface area contributed by atoms with Crippen molar-refractivity contribution in [3.8, 4) is 5.75 Å². The van der Waals surface area contributed by atoms with Crippen molar-refractivity contribution in [1.29, 1.82) is 0 Å². The minimum atomic E-state index is 0.304. The summed E-state index contributed by atoms with van der Waals surface area (Å²) in [6.07, 6.45) is 3.21. The van der Waals surface area contributed by atoms with Crippen LogP contribution in [0.3, 0.4) is 0 Å². The van der Waals surface area contributed by atoms with Crippen LogP contribution in [0.4, 0.5) is 0 Å². The number of nitrogens with two attached hydrogens (primary N) is 1. The zero-order chi connectivity index (χ0) is 14.2. The molecule has 1 aromatic rings. The summed E-state index contributed by atoms with van der Waals surface area (Å²) < 4.78 is 5.68. The first-order valence-corrected chi connectivity index (χ1v) is 7.57. The zero-order valence-corrected chi connectivity index (χ0v) is 12.1. The van der Waals surface area contributed by atoms with Crippen LogP contribution in [-0.4, -0.2) is 42.9 Å². The topological polar surface area (TPSA) is 58.7 Å². The number of piperidine rings is 1. The Bertz CT molecular complexity index is 398. The Kier molecular flexibility index (Phi) is 6.30. The Labute approximate surface area is 121 Å². The van der Waals surface area contributed by atoms with E-state index in [0.717, 1.165) is 38.2 Å². The van der Waals surface area contributed by atoms with Crippen molar-refractivity contribution in [2.24, 2.45) is 11.7 Å². The van der Waals surface area contributed by atoms with Gasteiger partial charge in [0.25, 0.3) is 0 Å². The van der Waals surface area contributed by atoms with Gasteiger partial charge in [0, 0.05) is 19.7 Å². The number of likely N-dealkylation sites (tertiary alicyclic amines) is 1.